The number of halogens is 2. The maximum atomic E-state index is 19.2. The number of hydrogen-bond acceptors (Lipinski definition) is 3. The van der Waals surface area contributed by atoms with E-state index in [2.05, 4.69) is 0 Å². The fourth-order valence-electron chi connectivity index (χ4n) is 6.89. The lowest BCUT2D eigenvalue weighted by Crippen LogP contribution is -2.56. The summed E-state index contributed by atoms with van der Waals surface area (Å²) in [6.45, 7) is 1.87. The molecule has 0 saturated carbocycles. The maximum Gasteiger partial charge on any atom is 0.262 e. The van der Waals surface area contributed by atoms with Crippen LogP contribution in [-0.2, 0) is 25.8 Å². The van der Waals surface area contributed by atoms with Crippen LogP contribution in [0.3, 0.4) is 0 Å². The Morgan fingerprint density at radius 3 is 1.83 bits per heavy atom. The lowest BCUT2D eigenvalue weighted by atomic mass is 9.62. The molecule has 7 rings (SSSR count). The SMILES string of the molecule is Cc1ccc(S(=O)(=O)[C@]2(F)[C@@H](c3ccc(Cl)cc3)[C@]3(c4ccccc4)O[C@@]2(c2ccccc2)c2ccccc23)cc1. The fourth-order valence-corrected chi connectivity index (χ4v) is 9.11. The lowest BCUT2D eigenvalue weighted by Gasteiger charge is -2.44. The number of aryl methyl sites for hydroxylation is 1. The molecule has 0 spiro atoms. The summed E-state index contributed by atoms with van der Waals surface area (Å²) < 4.78 is 56.4. The number of alkyl halides is 1. The van der Waals surface area contributed by atoms with E-state index in [1.807, 2.05) is 61.5 Å². The second kappa shape index (κ2) is 9.12. The van der Waals surface area contributed by atoms with Crippen LogP contribution in [0.25, 0.3) is 0 Å². The summed E-state index contributed by atoms with van der Waals surface area (Å²) >= 11 is 6.28. The van der Waals surface area contributed by atoms with Crippen molar-refractivity contribution in [3.05, 3.63) is 172 Å². The number of ether oxygens (including phenoxy) is 1. The van der Waals surface area contributed by atoms with E-state index >= 15 is 4.39 Å². The third-order valence-corrected chi connectivity index (χ3v) is 11.0. The number of sulfone groups is 1. The summed E-state index contributed by atoms with van der Waals surface area (Å²) in [7, 11) is -4.71. The predicted octanol–water partition coefficient (Wildman–Crippen LogP) is 8.10. The van der Waals surface area contributed by atoms with Gasteiger partial charge in [-0.25, -0.2) is 12.8 Å². The highest BCUT2D eigenvalue weighted by molar-refractivity contribution is 7.92. The molecule has 6 heteroatoms. The molecule has 5 aromatic carbocycles. The van der Waals surface area contributed by atoms with E-state index in [0.717, 1.165) is 11.1 Å². The second-order valence-corrected chi connectivity index (χ2v) is 13.3. The summed E-state index contributed by atoms with van der Waals surface area (Å²) in [6, 6.07) is 38.8. The maximum absolute atomic E-state index is 19.2. The van der Waals surface area contributed by atoms with Crippen LogP contribution in [0.5, 0.6) is 0 Å². The molecule has 3 nitrogen and oxygen atoms in total. The first-order valence-corrected chi connectivity index (χ1v) is 15.3. The quantitative estimate of drug-likeness (QED) is 0.211. The van der Waals surface area contributed by atoms with Gasteiger partial charge in [-0.2, -0.15) is 0 Å². The summed E-state index contributed by atoms with van der Waals surface area (Å²) in [5, 5.41) is -2.50. The Balaban J connectivity index is 1.68. The van der Waals surface area contributed by atoms with Crippen LogP contribution in [0.15, 0.2) is 138 Å². The van der Waals surface area contributed by atoms with Crippen molar-refractivity contribution in [2.45, 2.75) is 33.9 Å². The van der Waals surface area contributed by atoms with Crippen LogP contribution in [-0.4, -0.2) is 13.4 Å². The van der Waals surface area contributed by atoms with Gasteiger partial charge in [0.15, 0.2) is 5.60 Å². The minimum atomic E-state index is -4.71. The Morgan fingerprint density at radius 2 is 1.22 bits per heavy atom. The molecule has 1 fully saturated rings. The van der Waals surface area contributed by atoms with Crippen molar-refractivity contribution in [2.75, 3.05) is 0 Å². The Morgan fingerprint density at radius 1 is 0.683 bits per heavy atom. The molecule has 0 unspecified atom stereocenters. The van der Waals surface area contributed by atoms with Gasteiger partial charge in [0.1, 0.15) is 5.60 Å². The molecule has 2 aliphatic heterocycles. The number of benzene rings is 5. The van der Waals surface area contributed by atoms with Gasteiger partial charge in [0.2, 0.25) is 9.84 Å². The van der Waals surface area contributed by atoms with Gasteiger partial charge in [0.25, 0.3) is 5.00 Å². The first-order chi connectivity index (χ1) is 19.8. The summed E-state index contributed by atoms with van der Waals surface area (Å²) in [5.41, 5.74) is 0.246. The third-order valence-electron chi connectivity index (χ3n) is 8.59. The Labute approximate surface area is 244 Å². The van der Waals surface area contributed by atoms with E-state index < -0.39 is 32.0 Å². The first kappa shape index (κ1) is 26.1. The topological polar surface area (TPSA) is 43.4 Å². The predicted molar refractivity (Wildman–Crippen MR) is 158 cm³/mol. The van der Waals surface area contributed by atoms with E-state index in [1.165, 1.54) is 12.1 Å². The standard InChI is InChI=1S/C35H26ClFO3S/c1-24-16-22-29(23-17-24)41(38,39)35(37)32(25-18-20-28(36)21-19-25)33(26-10-4-2-5-11-26)30-14-8-9-15-31(30)34(35,40-33)27-12-6-3-7-13-27/h2-23,32H,1H3/t32-,33+,34-,35+/m0/s1. The molecule has 2 heterocycles. The van der Waals surface area contributed by atoms with Gasteiger partial charge in [-0.15, -0.1) is 0 Å². The largest absolute Gasteiger partial charge is 0.344 e. The number of rotatable bonds is 5. The molecule has 0 radical (unpaired) electrons. The van der Waals surface area contributed by atoms with E-state index in [4.69, 9.17) is 16.3 Å². The zero-order valence-corrected chi connectivity index (χ0v) is 23.7. The van der Waals surface area contributed by atoms with Gasteiger partial charge >= 0.3 is 0 Å². The molecular weight excluding hydrogens is 555 g/mol. The molecule has 1 saturated heterocycles. The van der Waals surface area contributed by atoms with Gasteiger partial charge in [-0.1, -0.05) is 126 Å². The van der Waals surface area contributed by atoms with E-state index in [1.54, 1.807) is 66.7 Å². The van der Waals surface area contributed by atoms with Crippen molar-refractivity contribution in [2.24, 2.45) is 0 Å². The van der Waals surface area contributed by atoms with Gasteiger partial charge in [0, 0.05) is 5.02 Å². The zero-order chi connectivity index (χ0) is 28.5. The van der Waals surface area contributed by atoms with Crippen LogP contribution in [0.2, 0.25) is 5.02 Å². The van der Waals surface area contributed by atoms with E-state index in [0.29, 0.717) is 27.3 Å². The van der Waals surface area contributed by atoms with Gasteiger partial charge < -0.3 is 4.74 Å². The number of fused-ring (bicyclic) bond motifs is 5. The van der Waals surface area contributed by atoms with Crippen LogP contribution in [0.1, 0.15) is 39.3 Å². The minimum absolute atomic E-state index is 0.100. The molecule has 204 valence electrons. The summed E-state index contributed by atoms with van der Waals surface area (Å²) in [5.74, 6) is -1.28. The first-order valence-electron chi connectivity index (χ1n) is 13.4. The molecule has 0 aromatic heterocycles. The van der Waals surface area contributed by atoms with Crippen LogP contribution < -0.4 is 0 Å². The summed E-state index contributed by atoms with van der Waals surface area (Å²) in [4.78, 5) is -0.100. The number of hydrogen-bond donors (Lipinski definition) is 0. The zero-order valence-electron chi connectivity index (χ0n) is 22.2. The third kappa shape index (κ3) is 3.31. The molecule has 41 heavy (non-hydrogen) atoms. The smallest absolute Gasteiger partial charge is 0.262 e. The van der Waals surface area contributed by atoms with E-state index in [-0.39, 0.29) is 4.90 Å². The molecule has 0 N–H and O–H groups in total. The Kier molecular flexibility index (Phi) is 5.81. The normalized spacial score (nSPS) is 26.6. The monoisotopic (exact) mass is 580 g/mol. The van der Waals surface area contributed by atoms with Crippen molar-refractivity contribution >= 4 is 21.4 Å². The van der Waals surface area contributed by atoms with Crippen molar-refractivity contribution in [1.82, 2.24) is 0 Å². The van der Waals surface area contributed by atoms with Crippen LogP contribution in [0, 0.1) is 6.92 Å². The average Bonchev–Trinajstić information content (AvgIpc) is 3.46. The van der Waals surface area contributed by atoms with Crippen LogP contribution in [0.4, 0.5) is 4.39 Å². The molecule has 2 bridgehead atoms. The van der Waals surface area contributed by atoms with Crippen LogP contribution >= 0.6 is 11.6 Å². The van der Waals surface area contributed by atoms with Gasteiger partial charge in [-0.05, 0) is 59.0 Å². The van der Waals surface area contributed by atoms with Crippen molar-refractivity contribution in [1.29, 1.82) is 0 Å². The minimum Gasteiger partial charge on any atom is -0.344 e. The Hall–Kier alpha value is -3.77. The fraction of sp³-hybridized carbons (Fsp3) is 0.143. The molecule has 4 atom stereocenters. The average molecular weight is 581 g/mol. The molecular formula is C35H26ClFO3S. The van der Waals surface area contributed by atoms with Gasteiger partial charge in [-0.3, -0.25) is 0 Å². The highest BCUT2D eigenvalue weighted by Gasteiger charge is 2.84. The summed E-state index contributed by atoms with van der Waals surface area (Å²) in [6.07, 6.45) is 0. The second-order valence-electron chi connectivity index (χ2n) is 10.7. The van der Waals surface area contributed by atoms with Crippen molar-refractivity contribution in [3.8, 4) is 0 Å². The molecule has 2 aliphatic rings. The molecule has 0 amide bonds. The highest BCUT2D eigenvalue weighted by atomic mass is 35.5. The van der Waals surface area contributed by atoms with Crippen molar-refractivity contribution < 1.29 is 17.5 Å². The van der Waals surface area contributed by atoms with E-state index in [9.17, 15) is 8.42 Å². The molecule has 5 aromatic rings. The highest BCUT2D eigenvalue weighted by Crippen LogP contribution is 2.75. The van der Waals surface area contributed by atoms with Gasteiger partial charge in [0.05, 0.1) is 10.8 Å². The molecule has 0 aliphatic carbocycles. The lowest BCUT2D eigenvalue weighted by molar-refractivity contribution is -0.0634. The Bertz CT molecular complexity index is 1860. The van der Waals surface area contributed by atoms with Crippen molar-refractivity contribution in [3.63, 3.8) is 0 Å².